The quantitative estimate of drug-likeness (QED) is 0.470. The molecule has 0 unspecified atom stereocenters. The summed E-state index contributed by atoms with van der Waals surface area (Å²) in [6.07, 6.45) is 0. The van der Waals surface area contributed by atoms with Crippen molar-refractivity contribution >= 4 is 28.4 Å². The SMILES string of the molecule is CCN(CC)C(=O)c1cccc(NC(=O)c2ccc3noc(-c4ccccc4)c3c2)c1. The largest absolute Gasteiger partial charge is 0.355 e. The molecule has 0 fully saturated rings. The summed E-state index contributed by atoms with van der Waals surface area (Å²) in [5.74, 6) is 0.297. The van der Waals surface area contributed by atoms with Gasteiger partial charge in [0, 0.05) is 35.5 Å². The molecular weight excluding hydrogens is 390 g/mol. The molecule has 1 N–H and O–H groups in total. The van der Waals surface area contributed by atoms with E-state index in [0.717, 1.165) is 10.9 Å². The third-order valence-electron chi connectivity index (χ3n) is 5.19. The average molecular weight is 413 g/mol. The molecule has 0 atom stereocenters. The summed E-state index contributed by atoms with van der Waals surface area (Å²) >= 11 is 0. The fraction of sp³-hybridized carbons (Fsp3) is 0.160. The zero-order valence-corrected chi connectivity index (χ0v) is 17.5. The minimum Gasteiger partial charge on any atom is -0.355 e. The Morgan fingerprint density at radius 1 is 0.903 bits per heavy atom. The number of nitrogens with one attached hydrogen (secondary N) is 1. The number of fused-ring (bicyclic) bond motifs is 1. The number of anilines is 1. The number of rotatable bonds is 6. The Balaban J connectivity index is 1.59. The molecule has 4 aromatic rings. The second-order valence-electron chi connectivity index (χ2n) is 7.12. The number of carbonyl (C=O) groups is 2. The average Bonchev–Trinajstić information content (AvgIpc) is 3.24. The molecule has 0 bridgehead atoms. The van der Waals surface area contributed by atoms with Crippen molar-refractivity contribution in [3.05, 3.63) is 83.9 Å². The normalized spacial score (nSPS) is 10.8. The van der Waals surface area contributed by atoms with Crippen LogP contribution in [0, 0.1) is 0 Å². The zero-order valence-electron chi connectivity index (χ0n) is 17.5. The van der Waals surface area contributed by atoms with Crippen LogP contribution in [-0.2, 0) is 0 Å². The molecule has 2 amide bonds. The Labute approximate surface area is 180 Å². The van der Waals surface area contributed by atoms with Crippen molar-refractivity contribution in [1.82, 2.24) is 10.1 Å². The Kier molecular flexibility index (Phi) is 5.80. The molecule has 0 aliphatic heterocycles. The van der Waals surface area contributed by atoms with Crippen LogP contribution in [0.15, 0.2) is 77.3 Å². The summed E-state index contributed by atoms with van der Waals surface area (Å²) in [6.45, 7) is 5.15. The van der Waals surface area contributed by atoms with E-state index >= 15 is 0 Å². The number of nitrogens with zero attached hydrogens (tertiary/aromatic N) is 2. The minimum absolute atomic E-state index is 0.0560. The van der Waals surface area contributed by atoms with Gasteiger partial charge >= 0.3 is 0 Å². The summed E-state index contributed by atoms with van der Waals surface area (Å²) in [5, 5.41) is 7.75. The molecular formula is C25H23N3O3. The molecule has 0 radical (unpaired) electrons. The molecule has 0 saturated carbocycles. The number of hydrogen-bond acceptors (Lipinski definition) is 4. The van der Waals surface area contributed by atoms with Crippen molar-refractivity contribution in [2.24, 2.45) is 0 Å². The van der Waals surface area contributed by atoms with Gasteiger partial charge < -0.3 is 14.7 Å². The maximum Gasteiger partial charge on any atom is 0.255 e. The van der Waals surface area contributed by atoms with Gasteiger partial charge in [-0.2, -0.15) is 0 Å². The van der Waals surface area contributed by atoms with Crippen molar-refractivity contribution in [3.63, 3.8) is 0 Å². The Morgan fingerprint density at radius 3 is 2.42 bits per heavy atom. The topological polar surface area (TPSA) is 75.4 Å². The number of carbonyl (C=O) groups excluding carboxylic acids is 2. The molecule has 0 spiro atoms. The van der Waals surface area contributed by atoms with Crippen LogP contribution in [0.1, 0.15) is 34.6 Å². The van der Waals surface area contributed by atoms with Gasteiger partial charge in [-0.3, -0.25) is 9.59 Å². The molecule has 6 heteroatoms. The van der Waals surface area contributed by atoms with Crippen molar-refractivity contribution < 1.29 is 14.1 Å². The Hall–Kier alpha value is -3.93. The van der Waals surface area contributed by atoms with Gasteiger partial charge in [0.25, 0.3) is 11.8 Å². The van der Waals surface area contributed by atoms with Crippen molar-refractivity contribution in [2.45, 2.75) is 13.8 Å². The number of aromatic nitrogens is 1. The van der Waals surface area contributed by atoms with Crippen LogP contribution in [0.5, 0.6) is 0 Å². The van der Waals surface area contributed by atoms with Crippen LogP contribution in [0.3, 0.4) is 0 Å². The standard InChI is InChI=1S/C25H23N3O3/c1-3-28(4-2)25(30)19-11-8-12-20(15-19)26-24(29)18-13-14-22-21(16-18)23(31-27-22)17-9-6-5-7-10-17/h5-16H,3-4H2,1-2H3,(H,26,29). The van der Waals surface area contributed by atoms with Gasteiger partial charge in [0.15, 0.2) is 5.76 Å². The van der Waals surface area contributed by atoms with E-state index in [0.29, 0.717) is 41.2 Å². The number of benzene rings is 3. The predicted octanol–water partition coefficient (Wildman–Crippen LogP) is 5.23. The third-order valence-corrected chi connectivity index (χ3v) is 5.19. The summed E-state index contributed by atoms with van der Waals surface area (Å²) in [4.78, 5) is 27.2. The lowest BCUT2D eigenvalue weighted by atomic mass is 10.1. The molecule has 0 aliphatic carbocycles. The molecule has 156 valence electrons. The van der Waals surface area contributed by atoms with Crippen molar-refractivity contribution in [2.75, 3.05) is 18.4 Å². The Morgan fingerprint density at radius 2 is 1.68 bits per heavy atom. The summed E-state index contributed by atoms with van der Waals surface area (Å²) in [7, 11) is 0. The highest BCUT2D eigenvalue weighted by molar-refractivity contribution is 6.08. The van der Waals surface area contributed by atoms with E-state index in [4.69, 9.17) is 4.52 Å². The predicted molar refractivity (Wildman–Crippen MR) is 121 cm³/mol. The van der Waals surface area contributed by atoms with E-state index in [9.17, 15) is 9.59 Å². The zero-order chi connectivity index (χ0) is 21.8. The van der Waals surface area contributed by atoms with E-state index in [1.165, 1.54) is 0 Å². The fourth-order valence-electron chi connectivity index (χ4n) is 3.51. The van der Waals surface area contributed by atoms with Crippen LogP contribution < -0.4 is 5.32 Å². The molecule has 0 aliphatic rings. The molecule has 4 rings (SSSR count). The smallest absolute Gasteiger partial charge is 0.255 e. The van der Waals surface area contributed by atoms with E-state index in [1.54, 1.807) is 47.4 Å². The van der Waals surface area contributed by atoms with Gasteiger partial charge in [-0.1, -0.05) is 41.6 Å². The second-order valence-corrected chi connectivity index (χ2v) is 7.12. The van der Waals surface area contributed by atoms with Gasteiger partial charge in [-0.25, -0.2) is 0 Å². The minimum atomic E-state index is -0.269. The van der Waals surface area contributed by atoms with Gasteiger partial charge in [0.1, 0.15) is 5.52 Å². The highest BCUT2D eigenvalue weighted by Crippen LogP contribution is 2.29. The molecule has 0 saturated heterocycles. The number of amides is 2. The maximum atomic E-state index is 12.9. The lowest BCUT2D eigenvalue weighted by Crippen LogP contribution is -2.30. The molecule has 3 aromatic carbocycles. The summed E-state index contributed by atoms with van der Waals surface area (Å²) in [5.41, 5.74) is 3.17. The van der Waals surface area contributed by atoms with Crippen LogP contribution in [0.25, 0.3) is 22.2 Å². The monoisotopic (exact) mass is 413 g/mol. The third kappa shape index (κ3) is 4.19. The molecule has 31 heavy (non-hydrogen) atoms. The van der Waals surface area contributed by atoms with E-state index < -0.39 is 0 Å². The van der Waals surface area contributed by atoms with Crippen LogP contribution in [-0.4, -0.2) is 35.0 Å². The van der Waals surface area contributed by atoms with E-state index in [-0.39, 0.29) is 11.8 Å². The van der Waals surface area contributed by atoms with Gasteiger partial charge in [-0.15, -0.1) is 0 Å². The van der Waals surface area contributed by atoms with Gasteiger partial charge in [0.2, 0.25) is 0 Å². The van der Waals surface area contributed by atoms with E-state index in [1.807, 2.05) is 44.2 Å². The first-order valence-corrected chi connectivity index (χ1v) is 10.3. The Bertz CT molecular complexity index is 1230. The van der Waals surface area contributed by atoms with Gasteiger partial charge in [-0.05, 0) is 50.2 Å². The second kappa shape index (κ2) is 8.83. The van der Waals surface area contributed by atoms with E-state index in [2.05, 4.69) is 10.5 Å². The van der Waals surface area contributed by atoms with Crippen LogP contribution in [0.2, 0.25) is 0 Å². The molecule has 1 heterocycles. The fourth-order valence-corrected chi connectivity index (χ4v) is 3.51. The lowest BCUT2D eigenvalue weighted by molar-refractivity contribution is 0.0772. The maximum absolute atomic E-state index is 12.9. The number of hydrogen-bond donors (Lipinski definition) is 1. The van der Waals surface area contributed by atoms with Gasteiger partial charge in [0.05, 0.1) is 5.39 Å². The molecule has 1 aromatic heterocycles. The summed E-state index contributed by atoms with van der Waals surface area (Å²) in [6, 6.07) is 21.9. The van der Waals surface area contributed by atoms with Crippen LogP contribution >= 0.6 is 0 Å². The molecule has 6 nitrogen and oxygen atoms in total. The first kappa shape index (κ1) is 20.3. The van der Waals surface area contributed by atoms with Crippen molar-refractivity contribution in [3.8, 4) is 11.3 Å². The van der Waals surface area contributed by atoms with Crippen molar-refractivity contribution in [1.29, 1.82) is 0 Å². The van der Waals surface area contributed by atoms with Crippen LogP contribution in [0.4, 0.5) is 5.69 Å². The highest BCUT2D eigenvalue weighted by Gasteiger charge is 2.16. The summed E-state index contributed by atoms with van der Waals surface area (Å²) < 4.78 is 5.52. The first-order valence-electron chi connectivity index (χ1n) is 10.3. The lowest BCUT2D eigenvalue weighted by Gasteiger charge is -2.19. The highest BCUT2D eigenvalue weighted by atomic mass is 16.5. The first-order chi connectivity index (χ1) is 15.1.